The molecule has 0 aliphatic heterocycles. The van der Waals surface area contributed by atoms with Crippen molar-refractivity contribution in [2.24, 2.45) is 0 Å². The summed E-state index contributed by atoms with van der Waals surface area (Å²) in [4.78, 5) is 11.6. The first-order chi connectivity index (χ1) is 10.2. The minimum atomic E-state index is -0.385. The van der Waals surface area contributed by atoms with Gasteiger partial charge in [0, 0.05) is 5.92 Å². The fourth-order valence-electron chi connectivity index (χ4n) is 2.60. The van der Waals surface area contributed by atoms with Crippen LogP contribution in [0.15, 0.2) is 24.3 Å². The van der Waals surface area contributed by atoms with Crippen molar-refractivity contribution in [1.82, 2.24) is 15.0 Å². The predicted octanol–water partition coefficient (Wildman–Crippen LogP) is 1.81. The summed E-state index contributed by atoms with van der Waals surface area (Å²) in [5.41, 5.74) is 2.79. The Kier molecular flexibility index (Phi) is 3.70. The molecular formula is C15H17N3O3. The highest BCUT2D eigenvalue weighted by Crippen LogP contribution is 2.38. The van der Waals surface area contributed by atoms with Crippen molar-refractivity contribution in [2.75, 3.05) is 7.11 Å². The number of nitrogens with zero attached hydrogens (tertiary/aromatic N) is 3. The zero-order valence-electron chi connectivity index (χ0n) is 11.8. The van der Waals surface area contributed by atoms with E-state index < -0.39 is 0 Å². The Hall–Kier alpha value is -2.21. The molecule has 0 unspecified atom stereocenters. The Bertz CT molecular complexity index is 662. The summed E-state index contributed by atoms with van der Waals surface area (Å²) in [5, 5.41) is 17.6. The predicted molar refractivity (Wildman–Crippen MR) is 75.2 cm³/mol. The van der Waals surface area contributed by atoms with Crippen LogP contribution in [0.25, 0.3) is 5.69 Å². The van der Waals surface area contributed by atoms with Gasteiger partial charge in [-0.1, -0.05) is 17.7 Å². The van der Waals surface area contributed by atoms with Gasteiger partial charge in [0.1, 0.15) is 5.69 Å². The molecule has 6 nitrogen and oxygen atoms in total. The number of aromatic nitrogens is 3. The Morgan fingerprint density at radius 2 is 2.29 bits per heavy atom. The second kappa shape index (κ2) is 5.65. The van der Waals surface area contributed by atoms with Crippen molar-refractivity contribution >= 4 is 5.97 Å². The Morgan fingerprint density at radius 3 is 2.90 bits per heavy atom. The summed E-state index contributed by atoms with van der Waals surface area (Å²) in [6.45, 7) is -0.122. The first kappa shape index (κ1) is 13.8. The van der Waals surface area contributed by atoms with E-state index in [-0.39, 0.29) is 12.6 Å². The molecule has 1 heterocycles. The second-order valence-electron chi connectivity index (χ2n) is 5.16. The maximum Gasteiger partial charge on any atom is 0.337 e. The second-order valence-corrected chi connectivity index (χ2v) is 5.16. The van der Waals surface area contributed by atoms with Gasteiger partial charge in [-0.3, -0.25) is 0 Å². The molecule has 1 fully saturated rings. The molecule has 6 heteroatoms. The molecule has 110 valence electrons. The molecule has 0 saturated heterocycles. The summed E-state index contributed by atoms with van der Waals surface area (Å²) in [7, 11) is 1.36. The third-order valence-electron chi connectivity index (χ3n) is 3.93. The molecule has 1 N–H and O–H groups in total. The summed E-state index contributed by atoms with van der Waals surface area (Å²) in [5.74, 6) is -0.00604. The lowest BCUT2D eigenvalue weighted by molar-refractivity contribution is 0.0600. The van der Waals surface area contributed by atoms with E-state index in [1.165, 1.54) is 13.5 Å². The molecule has 3 rings (SSSR count). The number of hydrogen-bond acceptors (Lipinski definition) is 5. The SMILES string of the molecule is COC(=O)c1cccc(-n2nnc(CO)c2C2CCC2)c1. The lowest BCUT2D eigenvalue weighted by atomic mass is 9.82. The Balaban J connectivity index is 2.04. The van der Waals surface area contributed by atoms with Gasteiger partial charge in [-0.2, -0.15) is 0 Å². The quantitative estimate of drug-likeness (QED) is 0.868. The molecule has 1 saturated carbocycles. The van der Waals surface area contributed by atoms with Gasteiger partial charge in [-0.25, -0.2) is 9.48 Å². The zero-order chi connectivity index (χ0) is 14.8. The van der Waals surface area contributed by atoms with Crippen molar-refractivity contribution in [3.63, 3.8) is 0 Å². The van der Waals surface area contributed by atoms with Gasteiger partial charge in [0.2, 0.25) is 0 Å². The van der Waals surface area contributed by atoms with Gasteiger partial charge in [-0.05, 0) is 31.0 Å². The molecule has 0 amide bonds. The first-order valence-corrected chi connectivity index (χ1v) is 6.98. The van der Waals surface area contributed by atoms with Crippen molar-refractivity contribution in [1.29, 1.82) is 0 Å². The molecule has 2 aromatic rings. The minimum absolute atomic E-state index is 0.122. The lowest BCUT2D eigenvalue weighted by Gasteiger charge is -2.26. The van der Waals surface area contributed by atoms with Crippen LogP contribution in [0.1, 0.15) is 46.9 Å². The maximum atomic E-state index is 11.6. The number of ether oxygens (including phenoxy) is 1. The lowest BCUT2D eigenvalue weighted by Crippen LogP contribution is -2.16. The van der Waals surface area contributed by atoms with E-state index >= 15 is 0 Å². The van der Waals surface area contributed by atoms with Crippen LogP contribution in [0.3, 0.4) is 0 Å². The van der Waals surface area contributed by atoms with Crippen molar-refractivity contribution in [3.05, 3.63) is 41.2 Å². The highest BCUT2D eigenvalue weighted by atomic mass is 16.5. The van der Waals surface area contributed by atoms with E-state index in [1.807, 2.05) is 6.07 Å². The third kappa shape index (κ3) is 2.42. The van der Waals surface area contributed by atoms with Crippen molar-refractivity contribution in [2.45, 2.75) is 31.8 Å². The van der Waals surface area contributed by atoms with Gasteiger partial charge < -0.3 is 9.84 Å². The van der Waals surface area contributed by atoms with Crippen LogP contribution in [-0.2, 0) is 11.3 Å². The van der Waals surface area contributed by atoms with E-state index in [0.717, 1.165) is 24.2 Å². The molecule has 21 heavy (non-hydrogen) atoms. The Labute approximate surface area is 122 Å². The van der Waals surface area contributed by atoms with E-state index in [4.69, 9.17) is 4.74 Å². The number of methoxy groups -OCH3 is 1. The van der Waals surface area contributed by atoms with E-state index in [2.05, 4.69) is 10.3 Å². The average Bonchev–Trinajstić information content (AvgIpc) is 2.88. The van der Waals surface area contributed by atoms with Crippen molar-refractivity contribution in [3.8, 4) is 5.69 Å². The highest BCUT2D eigenvalue weighted by molar-refractivity contribution is 5.89. The summed E-state index contributed by atoms with van der Waals surface area (Å²) in [6, 6.07) is 7.07. The highest BCUT2D eigenvalue weighted by Gasteiger charge is 2.28. The monoisotopic (exact) mass is 287 g/mol. The number of carbonyl (C=O) groups is 1. The number of rotatable bonds is 4. The molecule has 1 aliphatic carbocycles. The van der Waals surface area contributed by atoms with Crippen LogP contribution in [0.2, 0.25) is 0 Å². The van der Waals surface area contributed by atoms with Crippen molar-refractivity contribution < 1.29 is 14.6 Å². The normalized spacial score (nSPS) is 14.8. The summed E-state index contributed by atoms with van der Waals surface area (Å²) < 4.78 is 6.46. The fraction of sp³-hybridized carbons (Fsp3) is 0.400. The standard InChI is InChI=1S/C15H17N3O3/c1-21-15(20)11-6-3-7-12(8-11)18-14(10-4-2-5-10)13(9-19)16-17-18/h3,6-8,10,19H,2,4-5,9H2,1H3. The molecule has 0 spiro atoms. The van der Waals surface area contributed by atoms with Crippen LogP contribution in [-0.4, -0.2) is 33.2 Å². The van der Waals surface area contributed by atoms with Crippen LogP contribution >= 0.6 is 0 Å². The zero-order valence-corrected chi connectivity index (χ0v) is 11.8. The summed E-state index contributed by atoms with van der Waals surface area (Å²) >= 11 is 0. The topological polar surface area (TPSA) is 77.2 Å². The maximum absolute atomic E-state index is 11.6. The molecule has 1 aromatic heterocycles. The number of aliphatic hydroxyl groups excluding tert-OH is 1. The van der Waals surface area contributed by atoms with Gasteiger partial charge in [-0.15, -0.1) is 5.10 Å². The number of aliphatic hydroxyl groups is 1. The Morgan fingerprint density at radius 1 is 1.48 bits per heavy atom. The van der Waals surface area contributed by atoms with Gasteiger partial charge in [0.15, 0.2) is 0 Å². The largest absolute Gasteiger partial charge is 0.465 e. The van der Waals surface area contributed by atoms with Crippen LogP contribution < -0.4 is 0 Å². The first-order valence-electron chi connectivity index (χ1n) is 6.98. The van der Waals surface area contributed by atoms with Crippen LogP contribution in [0.4, 0.5) is 0 Å². The van der Waals surface area contributed by atoms with E-state index in [9.17, 15) is 9.90 Å². The molecule has 1 aliphatic rings. The molecule has 0 radical (unpaired) electrons. The van der Waals surface area contributed by atoms with Gasteiger partial charge in [0.05, 0.1) is 30.7 Å². The molecule has 0 atom stereocenters. The third-order valence-corrected chi connectivity index (χ3v) is 3.93. The van der Waals surface area contributed by atoms with Gasteiger partial charge >= 0.3 is 5.97 Å². The van der Waals surface area contributed by atoms with Gasteiger partial charge in [0.25, 0.3) is 0 Å². The molecule has 0 bridgehead atoms. The summed E-state index contributed by atoms with van der Waals surface area (Å²) in [6.07, 6.45) is 3.34. The average molecular weight is 287 g/mol. The van der Waals surface area contributed by atoms with Crippen LogP contribution in [0, 0.1) is 0 Å². The number of carbonyl (C=O) groups excluding carboxylic acids is 1. The van der Waals surface area contributed by atoms with E-state index in [0.29, 0.717) is 17.2 Å². The number of hydrogen-bond donors (Lipinski definition) is 1. The number of benzene rings is 1. The van der Waals surface area contributed by atoms with Crippen LogP contribution in [0.5, 0.6) is 0 Å². The number of esters is 1. The fourth-order valence-corrected chi connectivity index (χ4v) is 2.60. The minimum Gasteiger partial charge on any atom is -0.465 e. The molecule has 1 aromatic carbocycles. The van der Waals surface area contributed by atoms with E-state index in [1.54, 1.807) is 22.9 Å². The molecular weight excluding hydrogens is 270 g/mol. The smallest absolute Gasteiger partial charge is 0.337 e.